The number of carbonyl (C=O) groups excluding carboxylic acids is 2. The monoisotopic (exact) mass is 1130 g/mol. The molecule has 4 heterocycles. The molecule has 3 aromatic carbocycles. The Morgan fingerprint density at radius 2 is 1.07 bits per heavy atom. The number of carbonyl (C=O) groups is 2. The van der Waals surface area contributed by atoms with E-state index in [1.807, 2.05) is 6.92 Å². The van der Waals surface area contributed by atoms with E-state index in [1.54, 1.807) is 59.0 Å². The minimum Gasteiger partial charge on any atom is -0.462 e. The first-order valence-corrected chi connectivity index (χ1v) is 30.8. The van der Waals surface area contributed by atoms with Crippen LogP contribution in [0.5, 0.6) is 0 Å². The highest BCUT2D eigenvalue weighted by Gasteiger charge is 2.28. The maximum Gasteiger partial charge on any atom is 0.339 e. The Bertz CT molecular complexity index is 3010. The second kappa shape index (κ2) is 27.4. The fraction of sp³-hybridized carbons (Fsp3) is 0.400. The summed E-state index contributed by atoms with van der Waals surface area (Å²) in [5, 5.41) is 0.215. The lowest BCUT2D eigenvalue weighted by Crippen LogP contribution is -2.35. The summed E-state index contributed by atoms with van der Waals surface area (Å²) in [6, 6.07) is 19.9. The first-order chi connectivity index (χ1) is 34.9. The van der Waals surface area contributed by atoms with E-state index in [0.717, 1.165) is 75.5 Å². The first kappa shape index (κ1) is 57.8. The van der Waals surface area contributed by atoms with Gasteiger partial charge in [0.15, 0.2) is 0 Å². The number of nitrogens with two attached hydrogens (primary N) is 1. The van der Waals surface area contributed by atoms with Crippen LogP contribution in [0.2, 0.25) is 10.0 Å². The molecule has 0 spiro atoms. The number of esters is 2. The van der Waals surface area contributed by atoms with Crippen molar-refractivity contribution in [2.75, 3.05) is 49.8 Å². The lowest BCUT2D eigenvalue weighted by atomic mass is 10.2. The van der Waals surface area contributed by atoms with Gasteiger partial charge in [-0.3, -0.25) is 4.72 Å². The molecule has 0 unspecified atom stereocenters. The lowest BCUT2D eigenvalue weighted by Gasteiger charge is -2.25. The molecule has 394 valence electrons. The van der Waals surface area contributed by atoms with Crippen molar-refractivity contribution >= 4 is 100 Å². The van der Waals surface area contributed by atoms with Gasteiger partial charge in [0.2, 0.25) is 20.0 Å². The van der Waals surface area contributed by atoms with Crippen molar-refractivity contribution in [2.45, 2.75) is 125 Å². The minimum absolute atomic E-state index is 0.0662. The van der Waals surface area contributed by atoms with E-state index in [4.69, 9.17) is 38.4 Å². The predicted octanol–water partition coefficient (Wildman–Crippen LogP) is 11.2. The molecule has 5 aromatic rings. The average Bonchev–Trinajstić information content (AvgIpc) is 3.38. The summed E-state index contributed by atoms with van der Waals surface area (Å²) in [5.41, 5.74) is 6.24. The SMILES string of the molecule is CCCCCOC(=O)c1cc(N)ncc1Sc1ccc(S(=O)(=O)N2CCCCC2)cc1.CCCCCOC(=O)c1cc(NS(=O)(=O)c2ccc(Cl)cc2Cl)ncc1Sc1ccc(S(=O)(=O)N2CCCCC2)cc1. The van der Waals surface area contributed by atoms with E-state index in [2.05, 4.69) is 21.6 Å². The zero-order valence-corrected chi connectivity index (χ0v) is 46.2. The molecule has 0 aliphatic carbocycles. The zero-order valence-electron chi connectivity index (χ0n) is 40.6. The molecule has 16 nitrogen and oxygen atoms in total. The molecule has 2 saturated heterocycles. The van der Waals surface area contributed by atoms with Crippen molar-refractivity contribution < 1.29 is 44.3 Å². The number of unbranched alkanes of at least 4 members (excludes halogenated alkanes) is 4. The van der Waals surface area contributed by atoms with Gasteiger partial charge in [0.25, 0.3) is 10.0 Å². The number of hydrogen-bond donors (Lipinski definition) is 2. The normalized spacial score (nSPS) is 14.7. The van der Waals surface area contributed by atoms with E-state index in [-0.39, 0.29) is 48.5 Å². The van der Waals surface area contributed by atoms with Gasteiger partial charge in [0.1, 0.15) is 16.5 Å². The molecule has 2 aliphatic rings. The number of sulfonamides is 3. The van der Waals surface area contributed by atoms with Crippen molar-refractivity contribution in [1.29, 1.82) is 0 Å². The first-order valence-electron chi connectivity index (χ1n) is 24.1. The number of benzene rings is 3. The van der Waals surface area contributed by atoms with Gasteiger partial charge in [0, 0.05) is 63.2 Å². The number of hydrogen-bond acceptors (Lipinski definition) is 15. The van der Waals surface area contributed by atoms with Gasteiger partial charge in [-0.2, -0.15) is 8.61 Å². The molecule has 0 bridgehead atoms. The maximum absolute atomic E-state index is 13.1. The fourth-order valence-corrected chi connectivity index (χ4v) is 14.2. The van der Waals surface area contributed by atoms with Gasteiger partial charge in [-0.15, -0.1) is 0 Å². The number of anilines is 2. The summed E-state index contributed by atoms with van der Waals surface area (Å²) < 4.78 is 93.9. The van der Waals surface area contributed by atoms with E-state index < -0.39 is 42.0 Å². The summed E-state index contributed by atoms with van der Waals surface area (Å²) in [6.07, 6.45) is 13.9. The van der Waals surface area contributed by atoms with Crippen LogP contribution in [0, 0.1) is 0 Å². The van der Waals surface area contributed by atoms with Crippen LogP contribution in [0.15, 0.2) is 126 Å². The molecule has 7 rings (SSSR count). The minimum atomic E-state index is -4.15. The van der Waals surface area contributed by atoms with Crippen LogP contribution in [-0.2, 0) is 39.5 Å². The third kappa shape index (κ3) is 16.3. The molecule has 0 saturated carbocycles. The van der Waals surface area contributed by atoms with Crippen molar-refractivity contribution in [3.05, 3.63) is 112 Å². The quantitative estimate of drug-likeness (QED) is 0.0515. The second-order valence-corrected chi connectivity index (χ2v) is 25.7. The third-order valence-electron chi connectivity index (χ3n) is 11.6. The Kier molecular flexibility index (Phi) is 21.7. The summed E-state index contributed by atoms with van der Waals surface area (Å²) in [6.45, 7) is 6.85. The van der Waals surface area contributed by atoms with Crippen molar-refractivity contribution in [3.63, 3.8) is 0 Å². The molecule has 2 fully saturated rings. The topological polar surface area (TPSA) is 225 Å². The summed E-state index contributed by atoms with van der Waals surface area (Å²) in [4.78, 5) is 36.7. The number of pyridine rings is 2. The number of halogens is 2. The van der Waals surface area contributed by atoms with E-state index in [0.29, 0.717) is 59.5 Å². The number of nitrogens with zero attached hydrogens (tertiary/aromatic N) is 4. The molecular formula is C50H60Cl2N6O10S5. The third-order valence-corrected chi connectivity index (χ3v) is 19.6. The molecule has 0 amide bonds. The van der Waals surface area contributed by atoms with Crippen LogP contribution in [0.4, 0.5) is 11.6 Å². The van der Waals surface area contributed by atoms with E-state index in [9.17, 15) is 34.8 Å². The number of aromatic nitrogens is 2. The van der Waals surface area contributed by atoms with Gasteiger partial charge in [0.05, 0.1) is 39.2 Å². The molecule has 73 heavy (non-hydrogen) atoms. The number of piperidine rings is 2. The number of ether oxygens (including phenoxy) is 2. The maximum atomic E-state index is 13.1. The number of rotatable bonds is 21. The van der Waals surface area contributed by atoms with Crippen LogP contribution >= 0.6 is 46.7 Å². The average molecular weight is 1140 g/mol. The van der Waals surface area contributed by atoms with E-state index >= 15 is 0 Å². The second-order valence-electron chi connectivity index (χ2n) is 17.1. The Balaban J connectivity index is 0.000000249. The van der Waals surface area contributed by atoms with Crippen LogP contribution in [0.25, 0.3) is 0 Å². The van der Waals surface area contributed by atoms with Crippen molar-refractivity contribution in [1.82, 2.24) is 18.6 Å². The highest BCUT2D eigenvalue weighted by molar-refractivity contribution is 7.99. The van der Waals surface area contributed by atoms with Crippen molar-refractivity contribution in [3.8, 4) is 0 Å². The van der Waals surface area contributed by atoms with Gasteiger partial charge in [-0.1, -0.05) is 99.1 Å². The smallest absolute Gasteiger partial charge is 0.339 e. The van der Waals surface area contributed by atoms with Crippen LogP contribution < -0.4 is 10.5 Å². The Hall–Kier alpha value is -4.45. The zero-order chi connectivity index (χ0) is 52.6. The fourth-order valence-electron chi connectivity index (χ4n) is 7.64. The van der Waals surface area contributed by atoms with Gasteiger partial charge < -0.3 is 15.2 Å². The summed E-state index contributed by atoms with van der Waals surface area (Å²) >= 11 is 14.5. The van der Waals surface area contributed by atoms with Crippen LogP contribution in [0.1, 0.15) is 112 Å². The molecule has 2 aromatic heterocycles. The van der Waals surface area contributed by atoms with Crippen LogP contribution in [-0.4, -0.2) is 95.2 Å². The molecule has 0 atom stereocenters. The summed E-state index contributed by atoms with van der Waals surface area (Å²) in [7, 11) is -11.2. The number of nitrogen functional groups attached to an aromatic ring is 1. The molecule has 3 N–H and O–H groups in total. The van der Waals surface area contributed by atoms with Gasteiger partial charge >= 0.3 is 11.9 Å². The van der Waals surface area contributed by atoms with E-state index in [1.165, 1.54) is 64.4 Å². The largest absolute Gasteiger partial charge is 0.462 e. The molecular weight excluding hydrogens is 1080 g/mol. The van der Waals surface area contributed by atoms with Gasteiger partial charge in [-0.05, 0) is 117 Å². The predicted molar refractivity (Wildman–Crippen MR) is 286 cm³/mol. The lowest BCUT2D eigenvalue weighted by molar-refractivity contribution is 0.0485. The molecule has 2 aliphatic heterocycles. The summed E-state index contributed by atoms with van der Waals surface area (Å²) in [5.74, 6) is -0.927. The van der Waals surface area contributed by atoms with Crippen molar-refractivity contribution in [2.24, 2.45) is 0 Å². The Morgan fingerprint density at radius 3 is 1.52 bits per heavy atom. The molecule has 23 heteroatoms. The Morgan fingerprint density at radius 1 is 0.616 bits per heavy atom. The van der Waals surface area contributed by atoms with Gasteiger partial charge in [-0.25, -0.2) is 44.8 Å². The van der Waals surface area contributed by atoms with Crippen LogP contribution in [0.3, 0.4) is 0 Å². The molecule has 0 radical (unpaired) electrons. The highest BCUT2D eigenvalue weighted by atomic mass is 35.5. The standard InChI is InChI=1S/C28H31Cl2N3O6S3.C22H29N3O4S2/c1-2-3-7-16-39-28(34)23-18-27(32-41(35,36)26-13-8-20(29)17-24(26)30)31-19-25(23)40-21-9-11-22(12-10-21)42(37,38)33-14-5-4-6-15-33;1-2-3-7-14-29-22(26)19-15-21(23)24-16-20(19)30-17-8-10-18(11-9-17)31(27,28)25-12-5-4-6-13-25/h8-13,17-19H,2-7,14-16H2,1H3,(H,31,32);8-11,15-16H,2-7,12-14H2,1H3,(H2,23,24). The number of nitrogens with one attached hydrogen (secondary N) is 1. The Labute approximate surface area is 447 Å². The highest BCUT2D eigenvalue weighted by Crippen LogP contribution is 2.35.